The highest BCUT2D eigenvalue weighted by Gasteiger charge is 2.18. The predicted molar refractivity (Wildman–Crippen MR) is 50.8 cm³/mol. The molecular formula is C8H13N5O. The highest BCUT2D eigenvalue weighted by molar-refractivity contribution is 5.87. The van der Waals surface area contributed by atoms with Crippen LogP contribution in [0.1, 0.15) is 19.4 Å². The van der Waals surface area contributed by atoms with Crippen LogP contribution in [-0.2, 0) is 4.79 Å². The lowest BCUT2D eigenvalue weighted by molar-refractivity contribution is -0.114. The third kappa shape index (κ3) is 1.90. The second kappa shape index (κ2) is 3.75. The van der Waals surface area contributed by atoms with Crippen LogP contribution in [0.5, 0.6) is 0 Å². The van der Waals surface area contributed by atoms with E-state index in [-0.39, 0.29) is 5.91 Å². The first kappa shape index (κ1) is 9.14. The van der Waals surface area contributed by atoms with Gasteiger partial charge in [0.15, 0.2) is 5.82 Å². The largest absolute Gasteiger partial charge is 0.314 e. The number of anilines is 1. The van der Waals surface area contributed by atoms with E-state index in [1.807, 2.05) is 0 Å². The Morgan fingerprint density at radius 3 is 3.29 bits per heavy atom. The van der Waals surface area contributed by atoms with Crippen molar-refractivity contribution in [3.63, 3.8) is 0 Å². The van der Waals surface area contributed by atoms with Crippen molar-refractivity contribution in [2.24, 2.45) is 0 Å². The van der Waals surface area contributed by atoms with Crippen molar-refractivity contribution in [1.82, 2.24) is 20.3 Å². The van der Waals surface area contributed by atoms with Gasteiger partial charge in [0.1, 0.15) is 0 Å². The van der Waals surface area contributed by atoms with E-state index in [2.05, 4.69) is 20.8 Å². The predicted octanol–water partition coefficient (Wildman–Crippen LogP) is -0.229. The summed E-state index contributed by atoms with van der Waals surface area (Å²) in [5.74, 6) is 0.394. The number of hydrogen-bond acceptors (Lipinski definition) is 4. The molecule has 2 N–H and O–H groups in total. The third-order valence-electron chi connectivity index (χ3n) is 2.17. The van der Waals surface area contributed by atoms with E-state index in [4.69, 9.17) is 0 Å². The molecule has 1 aliphatic rings. The number of amides is 1. The van der Waals surface area contributed by atoms with Crippen molar-refractivity contribution < 1.29 is 4.79 Å². The molecular weight excluding hydrogens is 182 g/mol. The van der Waals surface area contributed by atoms with Gasteiger partial charge in [-0.2, -0.15) is 9.90 Å². The van der Waals surface area contributed by atoms with Crippen LogP contribution >= 0.6 is 0 Å². The molecule has 1 aromatic rings. The zero-order chi connectivity index (χ0) is 9.97. The zero-order valence-electron chi connectivity index (χ0n) is 8.03. The van der Waals surface area contributed by atoms with Crippen LogP contribution in [0.3, 0.4) is 0 Å². The number of nitrogens with zero attached hydrogens (tertiary/aromatic N) is 3. The minimum Gasteiger partial charge on any atom is -0.314 e. The van der Waals surface area contributed by atoms with Crippen LogP contribution in [0, 0.1) is 0 Å². The van der Waals surface area contributed by atoms with Gasteiger partial charge in [0.2, 0.25) is 5.91 Å². The molecule has 1 fully saturated rings. The Bertz CT molecular complexity index is 328. The van der Waals surface area contributed by atoms with Gasteiger partial charge in [0.25, 0.3) is 0 Å². The maximum absolute atomic E-state index is 10.7. The lowest BCUT2D eigenvalue weighted by Crippen LogP contribution is -2.16. The molecule has 1 atom stereocenters. The van der Waals surface area contributed by atoms with E-state index in [1.165, 1.54) is 6.92 Å². The van der Waals surface area contributed by atoms with E-state index in [0.29, 0.717) is 11.9 Å². The minimum absolute atomic E-state index is 0.124. The normalized spacial score (nSPS) is 21.1. The van der Waals surface area contributed by atoms with Crippen LogP contribution in [0.2, 0.25) is 0 Å². The van der Waals surface area contributed by atoms with E-state index >= 15 is 0 Å². The molecule has 76 valence electrons. The number of aromatic nitrogens is 3. The molecule has 6 heteroatoms. The minimum atomic E-state index is -0.124. The van der Waals surface area contributed by atoms with Crippen LogP contribution in [0.4, 0.5) is 5.82 Å². The Morgan fingerprint density at radius 2 is 2.64 bits per heavy atom. The van der Waals surface area contributed by atoms with E-state index in [9.17, 15) is 4.79 Å². The summed E-state index contributed by atoms with van der Waals surface area (Å²) in [6.07, 6.45) is 2.61. The Morgan fingerprint density at radius 1 is 1.79 bits per heavy atom. The second-order valence-corrected chi connectivity index (χ2v) is 3.38. The van der Waals surface area contributed by atoms with E-state index < -0.39 is 0 Å². The number of nitrogens with one attached hydrogen (secondary N) is 2. The van der Waals surface area contributed by atoms with Crippen LogP contribution in [0.25, 0.3) is 0 Å². The number of carbonyl (C=O) groups is 1. The second-order valence-electron chi connectivity index (χ2n) is 3.38. The summed E-state index contributed by atoms with van der Waals surface area (Å²) in [6.45, 7) is 3.35. The van der Waals surface area contributed by atoms with Gasteiger partial charge in [-0.25, -0.2) is 0 Å². The maximum Gasteiger partial charge on any atom is 0.222 e. The molecule has 0 bridgehead atoms. The summed E-state index contributed by atoms with van der Waals surface area (Å²) < 4.78 is 0. The highest BCUT2D eigenvalue weighted by atomic mass is 16.1. The average molecular weight is 195 g/mol. The molecule has 0 saturated carbocycles. The number of rotatable bonds is 2. The van der Waals surface area contributed by atoms with Crippen molar-refractivity contribution in [3.05, 3.63) is 6.20 Å². The van der Waals surface area contributed by atoms with Gasteiger partial charge in [-0.15, -0.1) is 5.10 Å². The molecule has 0 radical (unpaired) electrons. The summed E-state index contributed by atoms with van der Waals surface area (Å²) in [5.41, 5.74) is 0. The summed E-state index contributed by atoms with van der Waals surface area (Å²) in [7, 11) is 0. The van der Waals surface area contributed by atoms with Gasteiger partial charge in [0, 0.05) is 13.5 Å². The Labute approximate surface area is 81.7 Å². The molecule has 0 aliphatic carbocycles. The van der Waals surface area contributed by atoms with Crippen LogP contribution in [0.15, 0.2) is 6.20 Å². The lowest BCUT2D eigenvalue weighted by atomic mass is 10.3. The fourth-order valence-corrected chi connectivity index (χ4v) is 1.53. The van der Waals surface area contributed by atoms with Crippen molar-refractivity contribution in [1.29, 1.82) is 0 Å². The van der Waals surface area contributed by atoms with E-state index in [1.54, 1.807) is 11.0 Å². The van der Waals surface area contributed by atoms with Crippen molar-refractivity contribution in [3.8, 4) is 0 Å². The fraction of sp³-hybridized carbons (Fsp3) is 0.625. The molecule has 1 unspecified atom stereocenters. The lowest BCUT2D eigenvalue weighted by Gasteiger charge is -2.05. The standard InChI is InChI=1S/C8H13N5O/c1-6(14)11-8-5-10-13(12-8)7-2-3-9-4-7/h5,7,9H,2-4H2,1H3,(H,11,12,14). The van der Waals surface area contributed by atoms with Gasteiger partial charge in [0.05, 0.1) is 12.2 Å². The Kier molecular flexibility index (Phi) is 2.45. The molecule has 6 nitrogen and oxygen atoms in total. The van der Waals surface area contributed by atoms with Gasteiger partial charge in [-0.1, -0.05) is 0 Å². The van der Waals surface area contributed by atoms with E-state index in [0.717, 1.165) is 19.5 Å². The molecule has 1 aromatic heterocycles. The quantitative estimate of drug-likeness (QED) is 0.683. The maximum atomic E-state index is 10.7. The van der Waals surface area contributed by atoms with Crippen molar-refractivity contribution in [2.45, 2.75) is 19.4 Å². The molecule has 2 rings (SSSR count). The molecule has 1 saturated heterocycles. The summed E-state index contributed by atoms with van der Waals surface area (Å²) in [5, 5.41) is 14.1. The Balaban J connectivity index is 2.05. The average Bonchev–Trinajstić information content (AvgIpc) is 2.69. The third-order valence-corrected chi connectivity index (χ3v) is 2.17. The van der Waals surface area contributed by atoms with Crippen molar-refractivity contribution in [2.75, 3.05) is 18.4 Å². The van der Waals surface area contributed by atoms with Crippen LogP contribution < -0.4 is 10.6 Å². The first-order valence-electron chi connectivity index (χ1n) is 4.66. The summed E-state index contributed by atoms with van der Waals surface area (Å²) in [6, 6.07) is 0.317. The summed E-state index contributed by atoms with van der Waals surface area (Å²) in [4.78, 5) is 12.4. The zero-order valence-corrected chi connectivity index (χ0v) is 8.03. The molecule has 0 spiro atoms. The monoisotopic (exact) mass is 195 g/mol. The van der Waals surface area contributed by atoms with Gasteiger partial charge < -0.3 is 10.6 Å². The fourth-order valence-electron chi connectivity index (χ4n) is 1.53. The van der Waals surface area contributed by atoms with Crippen LogP contribution in [-0.4, -0.2) is 34.0 Å². The number of carbonyl (C=O) groups excluding carboxylic acids is 1. The molecule has 1 amide bonds. The topological polar surface area (TPSA) is 71.8 Å². The van der Waals surface area contributed by atoms with Crippen molar-refractivity contribution >= 4 is 11.7 Å². The summed E-state index contributed by atoms with van der Waals surface area (Å²) >= 11 is 0. The van der Waals surface area contributed by atoms with Gasteiger partial charge in [-0.3, -0.25) is 4.79 Å². The first-order valence-corrected chi connectivity index (χ1v) is 4.66. The molecule has 0 aromatic carbocycles. The number of hydrogen-bond donors (Lipinski definition) is 2. The molecule has 1 aliphatic heterocycles. The first-order chi connectivity index (χ1) is 6.75. The van der Waals surface area contributed by atoms with Gasteiger partial charge >= 0.3 is 0 Å². The molecule has 2 heterocycles. The van der Waals surface area contributed by atoms with Gasteiger partial charge in [-0.05, 0) is 13.0 Å². The smallest absolute Gasteiger partial charge is 0.222 e. The molecule has 14 heavy (non-hydrogen) atoms. The highest BCUT2D eigenvalue weighted by Crippen LogP contribution is 2.13. The Hall–Kier alpha value is -1.43. The SMILES string of the molecule is CC(=O)Nc1cnn(C2CCNC2)n1.